The third-order valence-electron chi connectivity index (χ3n) is 3.08. The molecule has 0 amide bonds. The molecule has 0 aromatic heterocycles. The molecule has 4 N–H and O–H groups in total. The van der Waals surface area contributed by atoms with Crippen molar-refractivity contribution in [1.82, 2.24) is 4.72 Å². The van der Waals surface area contributed by atoms with Crippen LogP contribution >= 0.6 is 0 Å². The van der Waals surface area contributed by atoms with Crippen LogP contribution in [0.15, 0.2) is 23.1 Å². The van der Waals surface area contributed by atoms with E-state index in [9.17, 15) is 13.2 Å². The number of hydrogen-bond acceptors (Lipinski definition) is 5. The Labute approximate surface area is 123 Å². The zero-order valence-electron chi connectivity index (χ0n) is 11.8. The molecular weight excluding hydrogens is 298 g/mol. The molecule has 0 aliphatic carbocycles. The lowest BCUT2D eigenvalue weighted by atomic mass is 10.1. The molecule has 0 radical (unpaired) electrons. The van der Waals surface area contributed by atoms with E-state index in [0.29, 0.717) is 12.0 Å². The van der Waals surface area contributed by atoms with Gasteiger partial charge in [0.15, 0.2) is 0 Å². The Hall–Kier alpha value is -1.48. The molecular formula is C13H19NO6S. The first kappa shape index (κ1) is 17.6. The van der Waals surface area contributed by atoms with Gasteiger partial charge in [-0.3, -0.25) is 0 Å². The first-order valence-electron chi connectivity index (χ1n) is 6.31. The second-order valence-electron chi connectivity index (χ2n) is 4.96. The molecule has 1 aromatic carbocycles. The summed E-state index contributed by atoms with van der Waals surface area (Å²) in [5, 5.41) is 27.4. The fraction of sp³-hybridized carbons (Fsp3) is 0.462. The zero-order chi connectivity index (χ0) is 16.3. The lowest BCUT2D eigenvalue weighted by Gasteiger charge is -2.25. The summed E-state index contributed by atoms with van der Waals surface area (Å²) in [6, 6.07) is 3.80. The Bertz CT molecular complexity index is 622. The number of hydrogen-bond donors (Lipinski definition) is 4. The zero-order valence-corrected chi connectivity index (χ0v) is 12.6. The maximum atomic E-state index is 12.2. The van der Waals surface area contributed by atoms with E-state index in [2.05, 4.69) is 4.72 Å². The Balaban J connectivity index is 3.27. The highest BCUT2D eigenvalue weighted by Gasteiger charge is 2.30. The smallest absolute Gasteiger partial charge is 0.336 e. The summed E-state index contributed by atoms with van der Waals surface area (Å²) in [6.45, 7) is 1.91. The molecule has 0 atom stereocenters. The van der Waals surface area contributed by atoms with Gasteiger partial charge in [0, 0.05) is 0 Å². The Morgan fingerprint density at radius 1 is 1.29 bits per heavy atom. The van der Waals surface area contributed by atoms with Crippen molar-refractivity contribution in [1.29, 1.82) is 0 Å². The molecule has 0 aliphatic heterocycles. The lowest BCUT2D eigenvalue weighted by molar-refractivity contribution is 0.0695. The van der Waals surface area contributed by atoms with Gasteiger partial charge in [0.25, 0.3) is 0 Å². The van der Waals surface area contributed by atoms with E-state index in [1.807, 2.05) is 0 Å². The molecule has 118 valence electrons. The molecule has 0 saturated carbocycles. The lowest BCUT2D eigenvalue weighted by Crippen LogP contribution is -2.51. The van der Waals surface area contributed by atoms with Crippen molar-refractivity contribution in [2.24, 2.45) is 0 Å². The number of aliphatic hydroxyl groups excluding tert-OH is 2. The van der Waals surface area contributed by atoms with Crippen LogP contribution in [0.4, 0.5) is 0 Å². The summed E-state index contributed by atoms with van der Waals surface area (Å²) in [7, 11) is -4.06. The van der Waals surface area contributed by atoms with Crippen LogP contribution in [0.1, 0.15) is 29.8 Å². The van der Waals surface area contributed by atoms with E-state index in [1.54, 1.807) is 6.92 Å². The number of rotatable bonds is 7. The number of aliphatic hydroxyl groups is 2. The minimum Gasteiger partial charge on any atom is -0.478 e. The number of aryl methyl sites for hydroxylation is 1. The molecule has 0 bridgehead atoms. The number of sulfonamides is 1. The van der Waals surface area contributed by atoms with Crippen molar-refractivity contribution in [3.8, 4) is 0 Å². The molecule has 0 saturated heterocycles. The summed E-state index contributed by atoms with van der Waals surface area (Å²) < 4.78 is 26.6. The van der Waals surface area contributed by atoms with Crippen molar-refractivity contribution in [2.45, 2.75) is 30.7 Å². The summed E-state index contributed by atoms with van der Waals surface area (Å²) in [5.41, 5.74) is -0.991. The molecule has 8 heteroatoms. The average molecular weight is 317 g/mol. The highest BCUT2D eigenvalue weighted by molar-refractivity contribution is 7.89. The van der Waals surface area contributed by atoms with Crippen molar-refractivity contribution in [3.63, 3.8) is 0 Å². The fourth-order valence-electron chi connectivity index (χ4n) is 1.73. The van der Waals surface area contributed by atoms with Gasteiger partial charge in [0.2, 0.25) is 10.0 Å². The van der Waals surface area contributed by atoms with Crippen LogP contribution in [0, 0.1) is 0 Å². The molecule has 0 unspecified atom stereocenters. The minimum absolute atomic E-state index is 0.0879. The van der Waals surface area contributed by atoms with Gasteiger partial charge in [0.1, 0.15) is 0 Å². The first-order chi connectivity index (χ1) is 9.69. The van der Waals surface area contributed by atoms with Gasteiger partial charge in [-0.05, 0) is 31.0 Å². The Kier molecular flexibility index (Phi) is 5.46. The van der Waals surface area contributed by atoms with Gasteiger partial charge in [-0.2, -0.15) is 0 Å². The maximum absolute atomic E-state index is 12.2. The third-order valence-corrected chi connectivity index (χ3v) is 4.72. The summed E-state index contributed by atoms with van der Waals surface area (Å²) in [6.07, 6.45) is 0.459. The predicted molar refractivity (Wildman–Crippen MR) is 75.7 cm³/mol. The van der Waals surface area contributed by atoms with Crippen LogP contribution in [0.25, 0.3) is 0 Å². The fourth-order valence-corrected chi connectivity index (χ4v) is 3.14. The van der Waals surface area contributed by atoms with Crippen molar-refractivity contribution in [3.05, 3.63) is 29.3 Å². The van der Waals surface area contributed by atoms with Crippen molar-refractivity contribution >= 4 is 16.0 Å². The number of carbonyl (C=O) groups is 1. The molecule has 21 heavy (non-hydrogen) atoms. The SMILES string of the molecule is CCc1ccc(S(=O)(=O)NC(C)(CO)CO)cc1C(=O)O. The van der Waals surface area contributed by atoms with Gasteiger partial charge >= 0.3 is 5.97 Å². The van der Waals surface area contributed by atoms with Crippen molar-refractivity contribution in [2.75, 3.05) is 13.2 Å². The minimum atomic E-state index is -4.06. The quantitative estimate of drug-likeness (QED) is 0.560. The predicted octanol–water partition coefficient (Wildman–Crippen LogP) is -0.0312. The highest BCUT2D eigenvalue weighted by atomic mass is 32.2. The van der Waals surface area contributed by atoms with Gasteiger partial charge in [-0.1, -0.05) is 13.0 Å². The van der Waals surface area contributed by atoms with Crippen LogP contribution in [-0.2, 0) is 16.4 Å². The average Bonchev–Trinajstić information content (AvgIpc) is 2.45. The van der Waals surface area contributed by atoms with Crippen LogP contribution in [0.5, 0.6) is 0 Å². The Morgan fingerprint density at radius 3 is 2.29 bits per heavy atom. The number of carboxylic acid groups (broad SMARTS) is 1. The van der Waals surface area contributed by atoms with Crippen LogP contribution in [-0.4, -0.2) is 48.5 Å². The van der Waals surface area contributed by atoms with E-state index >= 15 is 0 Å². The van der Waals surface area contributed by atoms with E-state index in [-0.39, 0.29) is 10.5 Å². The highest BCUT2D eigenvalue weighted by Crippen LogP contribution is 2.18. The van der Waals surface area contributed by atoms with E-state index in [0.717, 1.165) is 6.07 Å². The first-order valence-corrected chi connectivity index (χ1v) is 7.79. The van der Waals surface area contributed by atoms with Gasteiger partial charge < -0.3 is 15.3 Å². The van der Waals surface area contributed by atoms with Gasteiger partial charge in [-0.25, -0.2) is 17.9 Å². The molecule has 1 rings (SSSR count). The largest absolute Gasteiger partial charge is 0.478 e. The van der Waals surface area contributed by atoms with Crippen LogP contribution in [0.3, 0.4) is 0 Å². The molecule has 7 nitrogen and oxygen atoms in total. The number of aromatic carboxylic acids is 1. The monoisotopic (exact) mass is 317 g/mol. The van der Waals surface area contributed by atoms with Crippen molar-refractivity contribution < 1.29 is 28.5 Å². The molecule has 1 aromatic rings. The van der Waals surface area contributed by atoms with Crippen LogP contribution in [0.2, 0.25) is 0 Å². The normalized spacial score (nSPS) is 12.4. The summed E-state index contributed by atoms with van der Waals surface area (Å²) in [5.74, 6) is -1.21. The molecule has 0 heterocycles. The molecule has 0 spiro atoms. The second kappa shape index (κ2) is 6.52. The summed E-state index contributed by atoms with van der Waals surface area (Å²) in [4.78, 5) is 10.9. The number of nitrogens with one attached hydrogen (secondary N) is 1. The summed E-state index contributed by atoms with van der Waals surface area (Å²) >= 11 is 0. The number of benzene rings is 1. The number of carboxylic acids is 1. The Morgan fingerprint density at radius 2 is 1.86 bits per heavy atom. The topological polar surface area (TPSA) is 124 Å². The van der Waals surface area contributed by atoms with E-state index < -0.39 is 34.7 Å². The second-order valence-corrected chi connectivity index (χ2v) is 6.64. The standard InChI is InChI=1S/C13H19NO6S/c1-3-9-4-5-10(6-11(9)12(17)18)21(19,20)14-13(2,7-15)8-16/h4-6,14-16H,3,7-8H2,1-2H3,(H,17,18). The van der Waals surface area contributed by atoms with Crippen LogP contribution < -0.4 is 4.72 Å². The maximum Gasteiger partial charge on any atom is 0.336 e. The molecule has 0 aliphatic rings. The molecule has 0 fully saturated rings. The van der Waals surface area contributed by atoms with Gasteiger partial charge in [-0.15, -0.1) is 0 Å². The van der Waals surface area contributed by atoms with Gasteiger partial charge in [0.05, 0.1) is 29.2 Å². The van der Waals surface area contributed by atoms with E-state index in [1.165, 1.54) is 19.1 Å². The third kappa shape index (κ3) is 4.01. The van der Waals surface area contributed by atoms with E-state index in [4.69, 9.17) is 15.3 Å².